The van der Waals surface area contributed by atoms with Gasteiger partial charge in [0.25, 0.3) is 5.91 Å². The third-order valence-electron chi connectivity index (χ3n) is 2.30. The van der Waals surface area contributed by atoms with Gasteiger partial charge in [0.05, 0.1) is 6.10 Å². The van der Waals surface area contributed by atoms with Crippen LogP contribution in [0.15, 0.2) is 24.3 Å². The number of benzene rings is 1. The van der Waals surface area contributed by atoms with E-state index in [1.165, 1.54) is 24.3 Å². The van der Waals surface area contributed by atoms with Crippen molar-refractivity contribution in [3.05, 3.63) is 30.1 Å². The lowest BCUT2D eigenvalue weighted by Gasteiger charge is -2.08. The molecule has 1 aromatic rings. The zero-order valence-electron chi connectivity index (χ0n) is 10.4. The van der Waals surface area contributed by atoms with Gasteiger partial charge in [0.2, 0.25) is 0 Å². The first kappa shape index (κ1) is 14.4. The Labute approximate surface area is 106 Å². The van der Waals surface area contributed by atoms with Crippen molar-refractivity contribution in [3.63, 3.8) is 0 Å². The second-order valence-electron chi connectivity index (χ2n) is 4.08. The minimum Gasteiger partial charge on any atom is -0.484 e. The number of ether oxygens (including phenoxy) is 1. The minimum atomic E-state index is -0.350. The SMILES string of the molecule is CC(O)CCCNC(=O)COc1ccc(F)cc1. The van der Waals surface area contributed by atoms with Gasteiger partial charge in [0.1, 0.15) is 11.6 Å². The molecule has 4 nitrogen and oxygen atoms in total. The second kappa shape index (κ2) is 7.66. The standard InChI is InChI=1S/C13H18FNO3/c1-10(16)3-2-8-15-13(17)9-18-12-6-4-11(14)5-7-12/h4-7,10,16H,2-3,8-9H2,1H3,(H,15,17). The molecular weight excluding hydrogens is 237 g/mol. The molecule has 1 unspecified atom stereocenters. The Morgan fingerprint density at radius 2 is 2.11 bits per heavy atom. The second-order valence-corrected chi connectivity index (χ2v) is 4.08. The summed E-state index contributed by atoms with van der Waals surface area (Å²) in [6.07, 6.45) is 1.02. The largest absolute Gasteiger partial charge is 0.484 e. The molecule has 0 fully saturated rings. The van der Waals surface area contributed by atoms with E-state index in [2.05, 4.69) is 5.32 Å². The van der Waals surface area contributed by atoms with E-state index in [0.29, 0.717) is 18.7 Å². The van der Waals surface area contributed by atoms with Crippen molar-refractivity contribution in [1.29, 1.82) is 0 Å². The van der Waals surface area contributed by atoms with Gasteiger partial charge in [-0.25, -0.2) is 4.39 Å². The van der Waals surface area contributed by atoms with Crippen LogP contribution >= 0.6 is 0 Å². The lowest BCUT2D eigenvalue weighted by Crippen LogP contribution is -2.30. The van der Waals surface area contributed by atoms with Crippen LogP contribution < -0.4 is 10.1 Å². The maximum absolute atomic E-state index is 12.6. The van der Waals surface area contributed by atoms with Gasteiger partial charge in [-0.2, -0.15) is 0 Å². The third-order valence-corrected chi connectivity index (χ3v) is 2.30. The summed E-state index contributed by atoms with van der Waals surface area (Å²) < 4.78 is 17.8. The highest BCUT2D eigenvalue weighted by molar-refractivity contribution is 5.77. The molecule has 0 spiro atoms. The van der Waals surface area contributed by atoms with Gasteiger partial charge in [-0.15, -0.1) is 0 Å². The number of carbonyl (C=O) groups excluding carboxylic acids is 1. The summed E-state index contributed by atoms with van der Waals surface area (Å²) in [5.41, 5.74) is 0. The molecule has 18 heavy (non-hydrogen) atoms. The van der Waals surface area contributed by atoms with Gasteiger partial charge in [-0.05, 0) is 44.0 Å². The number of amides is 1. The summed E-state index contributed by atoms with van der Waals surface area (Å²) in [6.45, 7) is 2.12. The number of aliphatic hydroxyl groups excluding tert-OH is 1. The molecule has 1 rings (SSSR count). The molecule has 0 heterocycles. The maximum atomic E-state index is 12.6. The van der Waals surface area contributed by atoms with Crippen LogP contribution in [0.4, 0.5) is 4.39 Å². The molecule has 0 aliphatic heterocycles. The summed E-state index contributed by atoms with van der Waals surface area (Å²) in [4.78, 5) is 11.4. The van der Waals surface area contributed by atoms with Crippen molar-refractivity contribution in [3.8, 4) is 5.75 Å². The molecular formula is C13H18FNO3. The fourth-order valence-electron chi connectivity index (χ4n) is 1.36. The summed E-state index contributed by atoms with van der Waals surface area (Å²) >= 11 is 0. The molecule has 0 aliphatic carbocycles. The molecule has 0 saturated carbocycles. The normalized spacial score (nSPS) is 11.9. The van der Waals surface area contributed by atoms with E-state index >= 15 is 0 Å². The Kier molecular flexibility index (Phi) is 6.14. The molecule has 1 amide bonds. The number of aliphatic hydroxyl groups is 1. The van der Waals surface area contributed by atoms with Gasteiger partial charge in [0.15, 0.2) is 6.61 Å². The topological polar surface area (TPSA) is 58.6 Å². The van der Waals surface area contributed by atoms with E-state index in [4.69, 9.17) is 9.84 Å². The van der Waals surface area contributed by atoms with Crippen LogP contribution in [0.25, 0.3) is 0 Å². The minimum absolute atomic E-state index is 0.0969. The Balaban J connectivity index is 2.15. The number of hydrogen-bond donors (Lipinski definition) is 2. The van der Waals surface area contributed by atoms with E-state index in [1.54, 1.807) is 6.92 Å². The van der Waals surface area contributed by atoms with Crippen molar-refractivity contribution in [2.75, 3.05) is 13.2 Å². The monoisotopic (exact) mass is 255 g/mol. The lowest BCUT2D eigenvalue weighted by atomic mass is 10.2. The number of hydrogen-bond acceptors (Lipinski definition) is 3. The van der Waals surface area contributed by atoms with Crippen molar-refractivity contribution >= 4 is 5.91 Å². The summed E-state index contributed by atoms with van der Waals surface area (Å²) in [7, 11) is 0. The highest BCUT2D eigenvalue weighted by Gasteiger charge is 2.03. The van der Waals surface area contributed by atoms with Crippen LogP contribution in [0.3, 0.4) is 0 Å². The first-order valence-electron chi connectivity index (χ1n) is 5.91. The van der Waals surface area contributed by atoms with E-state index in [1.807, 2.05) is 0 Å². The van der Waals surface area contributed by atoms with Crippen LogP contribution in [0.5, 0.6) is 5.75 Å². The van der Waals surface area contributed by atoms with Crippen molar-refractivity contribution in [1.82, 2.24) is 5.32 Å². The van der Waals surface area contributed by atoms with E-state index < -0.39 is 0 Å². The number of carbonyl (C=O) groups is 1. The Bertz CT molecular complexity index is 365. The molecule has 0 saturated heterocycles. The summed E-state index contributed by atoms with van der Waals surface area (Å²) in [5, 5.41) is 11.7. The van der Waals surface area contributed by atoms with Crippen LogP contribution in [-0.2, 0) is 4.79 Å². The van der Waals surface area contributed by atoms with Crippen LogP contribution in [0.2, 0.25) is 0 Å². The Morgan fingerprint density at radius 3 is 2.72 bits per heavy atom. The fraction of sp³-hybridized carbons (Fsp3) is 0.462. The van der Waals surface area contributed by atoms with Crippen LogP contribution in [-0.4, -0.2) is 30.3 Å². The lowest BCUT2D eigenvalue weighted by molar-refractivity contribution is -0.123. The quantitative estimate of drug-likeness (QED) is 0.726. The van der Waals surface area contributed by atoms with Crippen molar-refractivity contribution in [2.24, 2.45) is 0 Å². The number of halogens is 1. The average molecular weight is 255 g/mol. The number of nitrogens with one attached hydrogen (secondary N) is 1. The molecule has 0 radical (unpaired) electrons. The van der Waals surface area contributed by atoms with Crippen molar-refractivity contribution < 1.29 is 19.0 Å². The van der Waals surface area contributed by atoms with E-state index in [0.717, 1.165) is 6.42 Å². The average Bonchev–Trinajstić information content (AvgIpc) is 2.34. The molecule has 100 valence electrons. The van der Waals surface area contributed by atoms with Crippen LogP contribution in [0, 0.1) is 5.82 Å². The molecule has 0 aromatic heterocycles. The highest BCUT2D eigenvalue weighted by Crippen LogP contribution is 2.10. The molecule has 1 atom stereocenters. The fourth-order valence-corrected chi connectivity index (χ4v) is 1.36. The van der Waals surface area contributed by atoms with Crippen LogP contribution in [0.1, 0.15) is 19.8 Å². The molecule has 0 aliphatic rings. The van der Waals surface area contributed by atoms with E-state index in [-0.39, 0.29) is 24.4 Å². The van der Waals surface area contributed by atoms with Gasteiger partial charge < -0.3 is 15.2 Å². The maximum Gasteiger partial charge on any atom is 0.257 e. The highest BCUT2D eigenvalue weighted by atomic mass is 19.1. The zero-order chi connectivity index (χ0) is 13.4. The first-order chi connectivity index (χ1) is 8.58. The predicted molar refractivity (Wildman–Crippen MR) is 65.8 cm³/mol. The van der Waals surface area contributed by atoms with E-state index in [9.17, 15) is 9.18 Å². The zero-order valence-corrected chi connectivity index (χ0v) is 10.4. The Morgan fingerprint density at radius 1 is 1.44 bits per heavy atom. The molecule has 2 N–H and O–H groups in total. The van der Waals surface area contributed by atoms with Gasteiger partial charge in [0, 0.05) is 6.54 Å². The predicted octanol–water partition coefficient (Wildman–Crippen LogP) is 1.48. The summed E-state index contributed by atoms with van der Waals surface area (Å²) in [5.74, 6) is -0.120. The Hall–Kier alpha value is -1.62. The van der Waals surface area contributed by atoms with Gasteiger partial charge >= 0.3 is 0 Å². The first-order valence-corrected chi connectivity index (χ1v) is 5.91. The molecule has 5 heteroatoms. The molecule has 0 bridgehead atoms. The van der Waals surface area contributed by atoms with Gasteiger partial charge in [-0.1, -0.05) is 0 Å². The van der Waals surface area contributed by atoms with Crippen molar-refractivity contribution in [2.45, 2.75) is 25.9 Å². The molecule has 1 aromatic carbocycles. The number of rotatable bonds is 7. The summed E-state index contributed by atoms with van der Waals surface area (Å²) in [6, 6.07) is 5.48. The smallest absolute Gasteiger partial charge is 0.257 e. The third kappa shape index (κ3) is 6.20. The van der Waals surface area contributed by atoms with Gasteiger partial charge in [-0.3, -0.25) is 4.79 Å².